The van der Waals surface area contributed by atoms with Crippen molar-refractivity contribution in [2.75, 3.05) is 0 Å². The summed E-state index contributed by atoms with van der Waals surface area (Å²) in [5.41, 5.74) is -1.06. The summed E-state index contributed by atoms with van der Waals surface area (Å²) in [4.78, 5) is 0. The molecule has 9 heavy (non-hydrogen) atoms. The summed E-state index contributed by atoms with van der Waals surface area (Å²) in [5.74, 6) is 0. The molecule has 56 valence electrons. The summed E-state index contributed by atoms with van der Waals surface area (Å²) in [6, 6.07) is 0. The molecule has 0 aliphatic heterocycles. The first kappa shape index (κ1) is 8.71. The third kappa shape index (κ3) is 1.83. The number of alkyl halides is 3. The molecule has 0 bridgehead atoms. The summed E-state index contributed by atoms with van der Waals surface area (Å²) in [6.45, 7) is 1.68. The van der Waals surface area contributed by atoms with Gasteiger partial charge in [-0.05, 0) is 13.8 Å². The Balaban J connectivity index is 4.14. The highest BCUT2D eigenvalue weighted by Crippen LogP contribution is 2.28. The summed E-state index contributed by atoms with van der Waals surface area (Å²) in [6.07, 6.45) is -4.41. The molecule has 0 aliphatic carbocycles. The lowest BCUT2D eigenvalue weighted by atomic mass is 10.1. The molecule has 0 fully saturated rings. The molecule has 0 saturated carbocycles. The minimum Gasteiger partial charge on any atom is -0.316 e. The molecular weight excluding hydrogens is 135 g/mol. The molecule has 0 aromatic heterocycles. The van der Waals surface area contributed by atoms with Crippen molar-refractivity contribution in [3.05, 3.63) is 0 Å². The van der Waals surface area contributed by atoms with E-state index in [1.807, 2.05) is 0 Å². The molecule has 2 nitrogen and oxygen atoms in total. The van der Waals surface area contributed by atoms with E-state index >= 15 is 0 Å². The first-order chi connectivity index (χ1) is 3.81. The van der Waals surface area contributed by atoms with E-state index in [-0.39, 0.29) is 0 Å². The van der Waals surface area contributed by atoms with Gasteiger partial charge in [0.15, 0.2) is 0 Å². The Bertz CT molecular complexity index is 98.5. The van der Waals surface area contributed by atoms with Crippen molar-refractivity contribution < 1.29 is 18.4 Å². The number of hydrogen-bond acceptors (Lipinski definition) is 2. The summed E-state index contributed by atoms with van der Waals surface area (Å²) < 4.78 is 34.8. The van der Waals surface area contributed by atoms with Crippen LogP contribution in [0.4, 0.5) is 13.2 Å². The normalized spacial score (nSPS) is 14.0. The van der Waals surface area contributed by atoms with Crippen molar-refractivity contribution in [2.45, 2.75) is 25.6 Å². The standard InChI is InChI=1S/C4H8F3NO/c1-3(2,8-9)4(5,6)7/h8-9H,1-2H3. The second-order valence-electron chi connectivity index (χ2n) is 2.23. The van der Waals surface area contributed by atoms with Crippen LogP contribution in [0.15, 0.2) is 0 Å². The van der Waals surface area contributed by atoms with E-state index in [4.69, 9.17) is 5.21 Å². The van der Waals surface area contributed by atoms with Crippen molar-refractivity contribution in [1.29, 1.82) is 0 Å². The maximum Gasteiger partial charge on any atom is 0.408 e. The van der Waals surface area contributed by atoms with Crippen molar-refractivity contribution in [3.8, 4) is 0 Å². The minimum absolute atomic E-state index is 0.840. The van der Waals surface area contributed by atoms with E-state index in [9.17, 15) is 13.2 Å². The fourth-order valence-electron chi connectivity index (χ4n) is 0.0634. The number of halogens is 3. The highest BCUT2D eigenvalue weighted by Gasteiger charge is 2.47. The van der Waals surface area contributed by atoms with Crippen LogP contribution in [-0.4, -0.2) is 16.9 Å². The second-order valence-corrected chi connectivity index (χ2v) is 2.23. The average molecular weight is 143 g/mol. The van der Waals surface area contributed by atoms with Crippen LogP contribution >= 0.6 is 0 Å². The molecule has 0 saturated heterocycles. The third-order valence-corrected chi connectivity index (χ3v) is 0.988. The fraction of sp³-hybridized carbons (Fsp3) is 1.00. The Morgan fingerprint density at radius 1 is 1.22 bits per heavy atom. The second kappa shape index (κ2) is 2.15. The highest BCUT2D eigenvalue weighted by molar-refractivity contribution is 4.81. The van der Waals surface area contributed by atoms with E-state index in [1.165, 1.54) is 0 Å². The summed E-state index contributed by atoms with van der Waals surface area (Å²) >= 11 is 0. The Kier molecular flexibility index (Phi) is 2.08. The SMILES string of the molecule is CC(C)(NO)C(F)(F)F. The zero-order valence-electron chi connectivity index (χ0n) is 5.08. The molecule has 0 unspecified atom stereocenters. The Morgan fingerprint density at radius 2 is 1.56 bits per heavy atom. The largest absolute Gasteiger partial charge is 0.408 e. The third-order valence-electron chi connectivity index (χ3n) is 0.988. The molecule has 0 amide bonds. The first-order valence-electron chi connectivity index (χ1n) is 2.29. The molecular formula is C4H8F3NO. The molecule has 5 heteroatoms. The van der Waals surface area contributed by atoms with Gasteiger partial charge in [-0.3, -0.25) is 0 Å². The van der Waals surface area contributed by atoms with Gasteiger partial charge in [-0.25, -0.2) is 0 Å². The smallest absolute Gasteiger partial charge is 0.316 e. The molecule has 0 rings (SSSR count). The number of hydroxylamine groups is 1. The molecule has 2 N–H and O–H groups in total. The van der Waals surface area contributed by atoms with Crippen LogP contribution in [0.25, 0.3) is 0 Å². The topological polar surface area (TPSA) is 32.3 Å². The van der Waals surface area contributed by atoms with Gasteiger partial charge in [-0.15, -0.1) is 0 Å². The quantitative estimate of drug-likeness (QED) is 0.542. The van der Waals surface area contributed by atoms with Gasteiger partial charge in [-0.1, -0.05) is 0 Å². The molecule has 0 aromatic carbocycles. The molecule has 0 spiro atoms. The monoisotopic (exact) mass is 143 g/mol. The molecule has 0 heterocycles. The van der Waals surface area contributed by atoms with Crippen molar-refractivity contribution >= 4 is 0 Å². The Hall–Kier alpha value is -0.290. The Labute approximate surface area is 50.6 Å². The van der Waals surface area contributed by atoms with Crippen LogP contribution in [0.3, 0.4) is 0 Å². The van der Waals surface area contributed by atoms with Crippen LogP contribution in [0.1, 0.15) is 13.8 Å². The molecule has 0 aromatic rings. The zero-order chi connectivity index (χ0) is 7.71. The lowest BCUT2D eigenvalue weighted by Crippen LogP contribution is -2.50. The van der Waals surface area contributed by atoms with Crippen molar-refractivity contribution in [1.82, 2.24) is 5.48 Å². The highest BCUT2D eigenvalue weighted by atomic mass is 19.4. The lowest BCUT2D eigenvalue weighted by molar-refractivity contribution is -0.209. The predicted molar refractivity (Wildman–Crippen MR) is 25.1 cm³/mol. The molecule has 0 aliphatic rings. The van der Waals surface area contributed by atoms with Crippen LogP contribution < -0.4 is 5.48 Å². The Morgan fingerprint density at radius 3 is 1.56 bits per heavy atom. The van der Waals surface area contributed by atoms with Gasteiger partial charge in [-0.2, -0.15) is 18.7 Å². The van der Waals surface area contributed by atoms with Crippen LogP contribution in [0, 0.1) is 0 Å². The van der Waals surface area contributed by atoms with Crippen LogP contribution in [0.5, 0.6) is 0 Å². The minimum atomic E-state index is -4.41. The van der Waals surface area contributed by atoms with Gasteiger partial charge in [0.1, 0.15) is 5.54 Å². The maximum atomic E-state index is 11.6. The fourth-order valence-corrected chi connectivity index (χ4v) is 0.0634. The number of hydrogen-bond donors (Lipinski definition) is 2. The summed E-state index contributed by atoms with van der Waals surface area (Å²) in [7, 11) is 0. The van der Waals surface area contributed by atoms with Gasteiger partial charge < -0.3 is 5.21 Å². The maximum absolute atomic E-state index is 11.6. The van der Waals surface area contributed by atoms with Gasteiger partial charge >= 0.3 is 6.18 Å². The summed E-state index contributed by atoms with van der Waals surface area (Å²) in [5, 5.41) is 7.96. The van der Waals surface area contributed by atoms with Crippen molar-refractivity contribution in [3.63, 3.8) is 0 Å². The van der Waals surface area contributed by atoms with Crippen molar-refractivity contribution in [2.24, 2.45) is 0 Å². The van der Waals surface area contributed by atoms with Gasteiger partial charge in [0, 0.05) is 0 Å². The van der Waals surface area contributed by atoms with Gasteiger partial charge in [0.05, 0.1) is 0 Å². The van der Waals surface area contributed by atoms with E-state index in [1.54, 1.807) is 0 Å². The zero-order valence-corrected chi connectivity index (χ0v) is 5.08. The van der Waals surface area contributed by atoms with Gasteiger partial charge in [0.2, 0.25) is 0 Å². The first-order valence-corrected chi connectivity index (χ1v) is 2.29. The van der Waals surface area contributed by atoms with E-state index in [0.29, 0.717) is 0 Å². The van der Waals surface area contributed by atoms with E-state index in [0.717, 1.165) is 19.3 Å². The van der Waals surface area contributed by atoms with Crippen LogP contribution in [0.2, 0.25) is 0 Å². The van der Waals surface area contributed by atoms with Crippen LogP contribution in [-0.2, 0) is 0 Å². The predicted octanol–water partition coefficient (Wildman–Crippen LogP) is 1.31. The van der Waals surface area contributed by atoms with E-state index < -0.39 is 11.7 Å². The van der Waals surface area contributed by atoms with Gasteiger partial charge in [0.25, 0.3) is 0 Å². The average Bonchev–Trinajstić information content (AvgIpc) is 1.64. The lowest BCUT2D eigenvalue weighted by Gasteiger charge is -2.25. The number of nitrogens with one attached hydrogen (secondary N) is 1. The molecule has 0 atom stereocenters. The number of rotatable bonds is 1. The molecule has 0 radical (unpaired) electrons. The van der Waals surface area contributed by atoms with E-state index in [2.05, 4.69) is 0 Å².